The van der Waals surface area contributed by atoms with Gasteiger partial charge in [0.1, 0.15) is 16.9 Å². The monoisotopic (exact) mass is 428 g/mol. The van der Waals surface area contributed by atoms with E-state index in [1.54, 1.807) is 0 Å². The highest BCUT2D eigenvalue weighted by Crippen LogP contribution is 2.33. The Morgan fingerprint density at radius 3 is 1.93 bits per heavy atom. The lowest BCUT2D eigenvalue weighted by Gasteiger charge is -2.13. The summed E-state index contributed by atoms with van der Waals surface area (Å²) in [6, 6.07) is 9.89. The number of carboxylic acids is 3. The smallest absolute Gasteiger partial charge is 0.342 e. The number of carboxylic acid groups (broad SMARTS) is 3. The maximum absolute atomic E-state index is 12.1. The number of H-pyrrole nitrogens is 1. The minimum atomic E-state index is -1.62. The fourth-order valence-electron chi connectivity index (χ4n) is 3.09. The molecule has 0 bridgehead atoms. The molecule has 0 radical (unpaired) electrons. The summed E-state index contributed by atoms with van der Waals surface area (Å²) in [5.74, 6) is -4.80. The van der Waals surface area contributed by atoms with Gasteiger partial charge in [-0.3, -0.25) is 4.79 Å². The van der Waals surface area contributed by atoms with Crippen LogP contribution in [0.3, 0.4) is 0 Å². The number of aromatic amines is 1. The first-order valence-electron chi connectivity index (χ1n) is 8.27. The van der Waals surface area contributed by atoms with Gasteiger partial charge in [0.25, 0.3) is 5.56 Å². The number of hydrogen-bond donors (Lipinski definition) is 5. The molecule has 0 spiro atoms. The van der Waals surface area contributed by atoms with Gasteiger partial charge < -0.3 is 26.0 Å². The predicted molar refractivity (Wildman–Crippen MR) is 108 cm³/mol. The number of nitrogen functional groups attached to an aromatic ring is 1. The quantitative estimate of drug-likeness (QED) is 0.412. The number of rotatable bonds is 5. The van der Waals surface area contributed by atoms with E-state index in [-0.39, 0.29) is 16.7 Å². The summed E-state index contributed by atoms with van der Waals surface area (Å²) in [5, 5.41) is 28.6. The van der Waals surface area contributed by atoms with Gasteiger partial charge >= 0.3 is 17.9 Å². The van der Waals surface area contributed by atoms with Crippen molar-refractivity contribution in [2.24, 2.45) is 0 Å². The Bertz CT molecular complexity index is 1260. The number of pyridine rings is 1. The summed E-state index contributed by atoms with van der Waals surface area (Å²) in [4.78, 5) is 48.9. The molecule has 0 unspecified atom stereocenters. The molecule has 30 heavy (non-hydrogen) atoms. The van der Waals surface area contributed by atoms with E-state index in [1.165, 1.54) is 42.5 Å². The second-order valence-corrected chi connectivity index (χ2v) is 6.61. The summed E-state index contributed by atoms with van der Waals surface area (Å²) in [7, 11) is 0. The average Bonchev–Trinajstić information content (AvgIpc) is 2.66. The number of aromatic carboxylic acids is 3. The molecule has 9 nitrogen and oxygen atoms in total. The van der Waals surface area contributed by atoms with Crippen molar-refractivity contribution in [2.75, 3.05) is 5.73 Å². The number of aromatic nitrogens is 1. The molecule has 0 saturated heterocycles. The number of halogens is 1. The lowest BCUT2D eigenvalue weighted by Crippen LogP contribution is -2.24. The molecule has 0 fully saturated rings. The predicted octanol–water partition coefficient (Wildman–Crippen LogP) is 3.04. The molecule has 6 N–H and O–H groups in total. The third kappa shape index (κ3) is 3.61. The Morgan fingerprint density at radius 1 is 0.833 bits per heavy atom. The van der Waals surface area contributed by atoms with Crippen LogP contribution in [-0.2, 0) is 0 Å². The molecule has 2 aromatic carbocycles. The van der Waals surface area contributed by atoms with Crippen LogP contribution in [0.15, 0.2) is 47.3 Å². The highest BCUT2D eigenvalue weighted by Gasteiger charge is 2.26. The van der Waals surface area contributed by atoms with Gasteiger partial charge in [-0.05, 0) is 34.9 Å². The molecule has 152 valence electrons. The topological polar surface area (TPSA) is 171 Å². The van der Waals surface area contributed by atoms with Crippen LogP contribution in [0.4, 0.5) is 5.82 Å². The number of benzene rings is 2. The number of nitrogens with two attached hydrogens (primary N) is 1. The first-order chi connectivity index (χ1) is 14.1. The van der Waals surface area contributed by atoms with Crippen molar-refractivity contribution in [1.82, 2.24) is 4.98 Å². The van der Waals surface area contributed by atoms with E-state index in [1.807, 2.05) is 4.98 Å². The minimum absolute atomic E-state index is 0.00926. The van der Waals surface area contributed by atoms with Crippen LogP contribution in [0.25, 0.3) is 22.3 Å². The molecule has 0 atom stereocenters. The summed E-state index contributed by atoms with van der Waals surface area (Å²) < 4.78 is 0. The second kappa shape index (κ2) is 7.72. The molecule has 1 aromatic heterocycles. The Hall–Kier alpha value is -4.11. The summed E-state index contributed by atoms with van der Waals surface area (Å²) in [5.41, 5.74) is 3.71. The minimum Gasteiger partial charge on any atom is -0.478 e. The van der Waals surface area contributed by atoms with E-state index in [0.717, 1.165) is 0 Å². The third-order valence-corrected chi connectivity index (χ3v) is 4.60. The highest BCUT2D eigenvalue weighted by atomic mass is 35.5. The zero-order chi connectivity index (χ0) is 22.2. The standard InChI is InChI=1S/C20H13ClN2O7/c21-10-5-6-11(18(25)26)12(7-10)8-1-3-9(4-2-8)13-14(19(27)28)16(22)23-17(24)15(13)20(29)30/h1-7H,(H,25,26)(H,27,28)(H,29,30)(H3,22,23,24). The van der Waals surface area contributed by atoms with Crippen molar-refractivity contribution >= 4 is 35.3 Å². The second-order valence-electron chi connectivity index (χ2n) is 6.18. The normalized spacial score (nSPS) is 10.6. The van der Waals surface area contributed by atoms with E-state index in [0.29, 0.717) is 16.1 Å². The van der Waals surface area contributed by atoms with Crippen LogP contribution >= 0.6 is 11.6 Å². The first-order valence-corrected chi connectivity index (χ1v) is 8.65. The zero-order valence-corrected chi connectivity index (χ0v) is 15.7. The molecule has 1 heterocycles. The molecular formula is C20H13ClN2O7. The maximum atomic E-state index is 12.1. The number of anilines is 1. The van der Waals surface area contributed by atoms with Gasteiger partial charge in [0, 0.05) is 10.6 Å². The van der Waals surface area contributed by atoms with Crippen molar-refractivity contribution < 1.29 is 29.7 Å². The van der Waals surface area contributed by atoms with Gasteiger partial charge in [-0.2, -0.15) is 0 Å². The Labute approximate surface area is 173 Å². The van der Waals surface area contributed by atoms with E-state index in [2.05, 4.69) is 0 Å². The zero-order valence-electron chi connectivity index (χ0n) is 15.0. The largest absolute Gasteiger partial charge is 0.478 e. The molecule has 3 rings (SSSR count). The molecule has 0 aliphatic heterocycles. The van der Waals surface area contributed by atoms with Crippen LogP contribution in [0.5, 0.6) is 0 Å². The lowest BCUT2D eigenvalue weighted by atomic mass is 9.93. The molecule has 0 saturated carbocycles. The summed E-state index contributed by atoms with van der Waals surface area (Å²) >= 11 is 5.97. The molecule has 10 heteroatoms. The highest BCUT2D eigenvalue weighted by molar-refractivity contribution is 6.31. The number of nitrogens with one attached hydrogen (secondary N) is 1. The van der Waals surface area contributed by atoms with Gasteiger partial charge in [-0.15, -0.1) is 0 Å². The van der Waals surface area contributed by atoms with Crippen LogP contribution in [-0.4, -0.2) is 38.2 Å². The maximum Gasteiger partial charge on any atom is 0.342 e. The van der Waals surface area contributed by atoms with Gasteiger partial charge in [-0.1, -0.05) is 35.9 Å². The lowest BCUT2D eigenvalue weighted by molar-refractivity contribution is 0.0682. The van der Waals surface area contributed by atoms with Crippen molar-refractivity contribution in [3.63, 3.8) is 0 Å². The fourth-order valence-corrected chi connectivity index (χ4v) is 3.27. The first kappa shape index (κ1) is 20.6. The van der Waals surface area contributed by atoms with Gasteiger partial charge in [-0.25, -0.2) is 14.4 Å². The number of carbonyl (C=O) groups is 3. The Balaban J connectivity index is 2.26. The summed E-state index contributed by atoms with van der Waals surface area (Å²) in [6.07, 6.45) is 0. The number of hydrogen-bond acceptors (Lipinski definition) is 5. The van der Waals surface area contributed by atoms with Crippen LogP contribution in [0, 0.1) is 0 Å². The molecule has 3 aromatic rings. The average molecular weight is 429 g/mol. The van der Waals surface area contributed by atoms with Crippen molar-refractivity contribution in [3.8, 4) is 22.3 Å². The third-order valence-electron chi connectivity index (χ3n) is 4.37. The molecule has 0 aliphatic rings. The van der Waals surface area contributed by atoms with Gasteiger partial charge in [0.15, 0.2) is 0 Å². The molecular weight excluding hydrogens is 416 g/mol. The van der Waals surface area contributed by atoms with E-state index >= 15 is 0 Å². The van der Waals surface area contributed by atoms with Gasteiger partial charge in [0.05, 0.1) is 5.56 Å². The van der Waals surface area contributed by atoms with E-state index in [4.69, 9.17) is 17.3 Å². The van der Waals surface area contributed by atoms with Crippen molar-refractivity contribution in [3.05, 3.63) is 74.5 Å². The van der Waals surface area contributed by atoms with Crippen LogP contribution in [0.2, 0.25) is 5.02 Å². The van der Waals surface area contributed by atoms with E-state index in [9.17, 15) is 34.5 Å². The fraction of sp³-hybridized carbons (Fsp3) is 0. The summed E-state index contributed by atoms with van der Waals surface area (Å²) in [6.45, 7) is 0. The Kier molecular flexibility index (Phi) is 5.31. The van der Waals surface area contributed by atoms with Crippen LogP contribution < -0.4 is 11.3 Å². The molecule has 0 amide bonds. The van der Waals surface area contributed by atoms with Crippen molar-refractivity contribution in [2.45, 2.75) is 0 Å². The van der Waals surface area contributed by atoms with Crippen LogP contribution in [0.1, 0.15) is 31.1 Å². The SMILES string of the molecule is Nc1[nH]c(=O)c(C(=O)O)c(-c2ccc(-c3cc(Cl)ccc3C(=O)O)cc2)c1C(=O)O. The van der Waals surface area contributed by atoms with Crippen molar-refractivity contribution in [1.29, 1.82) is 0 Å². The molecule has 0 aliphatic carbocycles. The Morgan fingerprint density at radius 2 is 1.40 bits per heavy atom. The van der Waals surface area contributed by atoms with Gasteiger partial charge in [0.2, 0.25) is 0 Å². The van der Waals surface area contributed by atoms with E-state index < -0.39 is 40.4 Å².